The van der Waals surface area contributed by atoms with Crippen molar-refractivity contribution < 1.29 is 24.2 Å². The minimum absolute atomic E-state index is 0.179. The van der Waals surface area contributed by atoms with Gasteiger partial charge in [-0.3, -0.25) is 4.79 Å². The van der Waals surface area contributed by atoms with E-state index in [1.54, 1.807) is 20.8 Å². The standard InChI is InChI=1S/C12H21NO5/c1-12(2,3)18-11(16)13-6-8(10(14)15)5-9(13)7-17-4/h8-9H,5-7H2,1-4H3,(H,14,15)/t8-,9-/m0/s1. The minimum Gasteiger partial charge on any atom is -0.481 e. The first-order chi connectivity index (χ1) is 8.24. The van der Waals surface area contributed by atoms with Gasteiger partial charge < -0.3 is 19.5 Å². The highest BCUT2D eigenvalue weighted by Gasteiger charge is 2.40. The molecule has 0 unspecified atom stereocenters. The highest BCUT2D eigenvalue weighted by molar-refractivity contribution is 5.74. The van der Waals surface area contributed by atoms with Crippen LogP contribution in [0.25, 0.3) is 0 Å². The predicted octanol–water partition coefficient (Wildman–Crippen LogP) is 1.34. The maximum atomic E-state index is 12.0. The monoisotopic (exact) mass is 259 g/mol. The summed E-state index contributed by atoms with van der Waals surface area (Å²) in [5.41, 5.74) is -0.587. The molecule has 0 radical (unpaired) electrons. The maximum Gasteiger partial charge on any atom is 0.410 e. The van der Waals surface area contributed by atoms with E-state index in [2.05, 4.69) is 0 Å². The van der Waals surface area contributed by atoms with E-state index >= 15 is 0 Å². The van der Waals surface area contributed by atoms with Crippen molar-refractivity contribution in [3.05, 3.63) is 0 Å². The van der Waals surface area contributed by atoms with Crippen LogP contribution in [-0.4, -0.2) is 54.0 Å². The number of carboxylic acids is 1. The normalized spacial score (nSPS) is 24.1. The zero-order chi connectivity index (χ0) is 13.9. The number of carbonyl (C=O) groups is 2. The number of hydrogen-bond donors (Lipinski definition) is 1. The highest BCUT2D eigenvalue weighted by Crippen LogP contribution is 2.25. The van der Waals surface area contributed by atoms with Gasteiger partial charge in [-0.2, -0.15) is 0 Å². The molecule has 0 aliphatic carbocycles. The summed E-state index contributed by atoms with van der Waals surface area (Å²) in [5.74, 6) is -1.43. The summed E-state index contributed by atoms with van der Waals surface area (Å²) in [6.07, 6.45) is -0.0733. The average Bonchev–Trinajstić information content (AvgIpc) is 2.59. The van der Waals surface area contributed by atoms with E-state index in [-0.39, 0.29) is 12.6 Å². The van der Waals surface area contributed by atoms with E-state index in [0.717, 1.165) is 0 Å². The Morgan fingerprint density at radius 2 is 2.00 bits per heavy atom. The lowest BCUT2D eigenvalue weighted by Gasteiger charge is -2.28. The largest absolute Gasteiger partial charge is 0.481 e. The molecule has 0 aromatic carbocycles. The van der Waals surface area contributed by atoms with E-state index < -0.39 is 23.6 Å². The Balaban J connectivity index is 2.71. The number of methoxy groups -OCH3 is 1. The van der Waals surface area contributed by atoms with Crippen LogP contribution in [0, 0.1) is 5.92 Å². The lowest BCUT2D eigenvalue weighted by Crippen LogP contribution is -2.41. The Morgan fingerprint density at radius 3 is 2.44 bits per heavy atom. The predicted molar refractivity (Wildman–Crippen MR) is 64.3 cm³/mol. The minimum atomic E-state index is -0.887. The molecule has 18 heavy (non-hydrogen) atoms. The van der Waals surface area contributed by atoms with Gasteiger partial charge in [-0.25, -0.2) is 4.79 Å². The molecule has 1 rings (SSSR count). The van der Waals surface area contributed by atoms with Crippen molar-refractivity contribution >= 4 is 12.1 Å². The molecule has 1 heterocycles. The Kier molecular flexibility index (Phi) is 4.56. The van der Waals surface area contributed by atoms with Crippen molar-refractivity contribution in [3.8, 4) is 0 Å². The summed E-state index contributed by atoms with van der Waals surface area (Å²) < 4.78 is 10.3. The molecule has 6 heteroatoms. The Morgan fingerprint density at radius 1 is 1.39 bits per heavy atom. The van der Waals surface area contributed by atoms with Gasteiger partial charge in [0.2, 0.25) is 0 Å². The average molecular weight is 259 g/mol. The van der Waals surface area contributed by atoms with Gasteiger partial charge in [-0.15, -0.1) is 0 Å². The van der Waals surface area contributed by atoms with Gasteiger partial charge in [-0.1, -0.05) is 0 Å². The third-order valence-corrected chi connectivity index (χ3v) is 2.75. The van der Waals surface area contributed by atoms with Crippen molar-refractivity contribution in [3.63, 3.8) is 0 Å². The summed E-state index contributed by atoms with van der Waals surface area (Å²) >= 11 is 0. The Bertz CT molecular complexity index is 323. The van der Waals surface area contributed by atoms with Gasteiger partial charge in [0.15, 0.2) is 0 Å². The van der Waals surface area contributed by atoms with Crippen molar-refractivity contribution in [2.75, 3.05) is 20.3 Å². The zero-order valence-corrected chi connectivity index (χ0v) is 11.3. The van der Waals surface area contributed by atoms with Crippen LogP contribution in [0.1, 0.15) is 27.2 Å². The van der Waals surface area contributed by atoms with E-state index in [1.807, 2.05) is 0 Å². The molecule has 0 spiro atoms. The van der Waals surface area contributed by atoms with Crippen LogP contribution < -0.4 is 0 Å². The molecule has 1 fully saturated rings. The molecular formula is C12H21NO5. The van der Waals surface area contributed by atoms with Gasteiger partial charge in [0.25, 0.3) is 0 Å². The van der Waals surface area contributed by atoms with Crippen molar-refractivity contribution in [1.82, 2.24) is 4.90 Å². The van der Waals surface area contributed by atoms with E-state index in [9.17, 15) is 9.59 Å². The first-order valence-electron chi connectivity index (χ1n) is 5.96. The Hall–Kier alpha value is -1.30. The topological polar surface area (TPSA) is 76.1 Å². The second-order valence-corrected chi connectivity index (χ2v) is 5.51. The number of hydrogen-bond acceptors (Lipinski definition) is 4. The summed E-state index contributed by atoms with van der Waals surface area (Å²) in [6.45, 7) is 5.84. The second kappa shape index (κ2) is 5.56. The quantitative estimate of drug-likeness (QED) is 0.827. The van der Waals surface area contributed by atoms with Crippen LogP contribution in [0.5, 0.6) is 0 Å². The van der Waals surface area contributed by atoms with E-state index in [1.165, 1.54) is 12.0 Å². The fourth-order valence-corrected chi connectivity index (χ4v) is 1.99. The number of rotatable bonds is 3. The van der Waals surface area contributed by atoms with Crippen LogP contribution in [-0.2, 0) is 14.3 Å². The van der Waals surface area contributed by atoms with E-state index in [4.69, 9.17) is 14.6 Å². The van der Waals surface area contributed by atoms with Crippen LogP contribution in [0.15, 0.2) is 0 Å². The molecule has 104 valence electrons. The first kappa shape index (κ1) is 14.8. The molecule has 1 amide bonds. The summed E-state index contributed by atoms with van der Waals surface area (Å²) in [4.78, 5) is 24.4. The molecule has 1 aliphatic rings. The molecule has 6 nitrogen and oxygen atoms in total. The lowest BCUT2D eigenvalue weighted by atomic mass is 10.1. The molecule has 1 aliphatic heterocycles. The maximum absolute atomic E-state index is 12.0. The molecule has 0 aromatic rings. The van der Waals surface area contributed by atoms with Crippen molar-refractivity contribution in [2.24, 2.45) is 5.92 Å². The summed E-state index contributed by atoms with van der Waals surface area (Å²) in [5, 5.41) is 9.01. The van der Waals surface area contributed by atoms with Gasteiger partial charge >= 0.3 is 12.1 Å². The second-order valence-electron chi connectivity index (χ2n) is 5.51. The number of likely N-dealkylation sites (tertiary alicyclic amines) is 1. The first-order valence-corrected chi connectivity index (χ1v) is 5.96. The van der Waals surface area contributed by atoms with Crippen LogP contribution in [0.3, 0.4) is 0 Å². The fraction of sp³-hybridized carbons (Fsp3) is 0.833. The number of carbonyl (C=O) groups excluding carboxylic acids is 1. The summed E-state index contributed by atoms with van der Waals surface area (Å²) in [7, 11) is 1.53. The van der Waals surface area contributed by atoms with Crippen LogP contribution in [0.2, 0.25) is 0 Å². The zero-order valence-electron chi connectivity index (χ0n) is 11.3. The fourth-order valence-electron chi connectivity index (χ4n) is 1.99. The third-order valence-electron chi connectivity index (χ3n) is 2.75. The number of carboxylic acid groups (broad SMARTS) is 1. The van der Waals surface area contributed by atoms with Gasteiger partial charge in [-0.05, 0) is 27.2 Å². The van der Waals surface area contributed by atoms with Crippen LogP contribution in [0.4, 0.5) is 4.79 Å². The smallest absolute Gasteiger partial charge is 0.410 e. The lowest BCUT2D eigenvalue weighted by molar-refractivity contribution is -0.141. The molecular weight excluding hydrogens is 238 g/mol. The van der Waals surface area contributed by atoms with Gasteiger partial charge in [0, 0.05) is 13.7 Å². The molecule has 2 atom stereocenters. The van der Waals surface area contributed by atoms with Gasteiger partial charge in [0.1, 0.15) is 5.60 Å². The number of ether oxygens (including phenoxy) is 2. The molecule has 0 bridgehead atoms. The number of nitrogens with zero attached hydrogens (tertiary/aromatic N) is 1. The molecule has 1 N–H and O–H groups in total. The number of amides is 1. The van der Waals surface area contributed by atoms with Crippen molar-refractivity contribution in [1.29, 1.82) is 0 Å². The summed E-state index contributed by atoms with van der Waals surface area (Å²) in [6, 6.07) is -0.231. The van der Waals surface area contributed by atoms with Gasteiger partial charge in [0.05, 0.1) is 18.6 Å². The molecule has 0 saturated carbocycles. The van der Waals surface area contributed by atoms with E-state index in [0.29, 0.717) is 13.0 Å². The molecule has 1 saturated heterocycles. The highest BCUT2D eigenvalue weighted by atomic mass is 16.6. The number of aliphatic carboxylic acids is 1. The SMILES string of the molecule is COC[C@@H]1C[C@H](C(=O)O)CN1C(=O)OC(C)(C)C. The molecule has 0 aromatic heterocycles. The third kappa shape index (κ3) is 3.87. The van der Waals surface area contributed by atoms with Crippen LogP contribution >= 0.6 is 0 Å². The Labute approximate surface area is 107 Å². The van der Waals surface area contributed by atoms with Crippen molar-refractivity contribution in [2.45, 2.75) is 38.8 Å².